The molecule has 0 saturated heterocycles. The highest BCUT2D eigenvalue weighted by atomic mass is 32.2. The third-order valence-electron chi connectivity index (χ3n) is 4.36. The van der Waals surface area contributed by atoms with Crippen LogP contribution in [0.3, 0.4) is 0 Å². The highest BCUT2D eigenvalue weighted by Gasteiger charge is 2.15. The van der Waals surface area contributed by atoms with E-state index in [4.69, 9.17) is 9.15 Å². The summed E-state index contributed by atoms with van der Waals surface area (Å²) in [4.78, 5) is 12.4. The van der Waals surface area contributed by atoms with Gasteiger partial charge >= 0.3 is 0 Å². The normalized spacial score (nSPS) is 11.2. The first-order valence-electron chi connectivity index (χ1n) is 8.34. The van der Waals surface area contributed by atoms with Crippen LogP contribution in [0.5, 0.6) is 5.75 Å². The molecule has 0 atom stereocenters. The Bertz CT molecular complexity index is 1150. The van der Waals surface area contributed by atoms with E-state index < -0.39 is 0 Å². The minimum Gasteiger partial charge on any atom is -0.495 e. The highest BCUT2D eigenvalue weighted by molar-refractivity contribution is 7.99. The number of para-hydroxylation sites is 1. The van der Waals surface area contributed by atoms with Crippen LogP contribution in [0.2, 0.25) is 0 Å². The zero-order valence-corrected chi connectivity index (χ0v) is 16.0. The monoisotopic (exact) mass is 382 g/mol. The molecule has 2 aromatic carbocycles. The Balaban J connectivity index is 1.58. The molecule has 0 saturated carbocycles. The van der Waals surface area contributed by atoms with E-state index in [0.717, 1.165) is 22.2 Å². The molecule has 27 heavy (non-hydrogen) atoms. The third-order valence-corrected chi connectivity index (χ3v) is 5.38. The second-order valence-corrected chi connectivity index (χ2v) is 7.02. The molecular formula is C19H18N4O3S. The molecule has 2 heterocycles. The van der Waals surface area contributed by atoms with Crippen LogP contribution in [0, 0.1) is 6.92 Å². The summed E-state index contributed by atoms with van der Waals surface area (Å²) >= 11 is 1.33. The Morgan fingerprint density at radius 2 is 2.04 bits per heavy atom. The average molecular weight is 382 g/mol. The topological polar surface area (TPSA) is 82.2 Å². The predicted octanol–water partition coefficient (Wildman–Crippen LogP) is 3.76. The van der Waals surface area contributed by atoms with Gasteiger partial charge in [-0.05, 0) is 19.1 Å². The van der Waals surface area contributed by atoms with Gasteiger partial charge in [-0.15, -0.1) is 10.2 Å². The summed E-state index contributed by atoms with van der Waals surface area (Å²) in [5.74, 6) is 1.44. The SMILES string of the molecule is COc1cc2c(cc1NC(=O)CSc1nnc(C)n1C)oc1ccccc12. The Labute approximate surface area is 159 Å². The summed E-state index contributed by atoms with van der Waals surface area (Å²) in [7, 11) is 3.45. The number of rotatable bonds is 5. The van der Waals surface area contributed by atoms with Crippen molar-refractivity contribution >= 4 is 45.3 Å². The van der Waals surface area contributed by atoms with Crippen LogP contribution in [-0.4, -0.2) is 33.5 Å². The number of furan rings is 1. The van der Waals surface area contributed by atoms with Crippen molar-refractivity contribution in [1.29, 1.82) is 0 Å². The van der Waals surface area contributed by atoms with Gasteiger partial charge in [0.2, 0.25) is 5.91 Å². The second kappa shape index (κ2) is 6.96. The molecule has 2 aromatic heterocycles. The molecule has 0 aliphatic carbocycles. The molecule has 8 heteroatoms. The van der Waals surface area contributed by atoms with Crippen molar-refractivity contribution < 1.29 is 13.9 Å². The maximum Gasteiger partial charge on any atom is 0.234 e. The number of benzene rings is 2. The van der Waals surface area contributed by atoms with E-state index in [1.807, 2.05) is 48.9 Å². The highest BCUT2D eigenvalue weighted by Crippen LogP contribution is 2.36. The van der Waals surface area contributed by atoms with Gasteiger partial charge in [0.05, 0.1) is 18.6 Å². The number of carbonyl (C=O) groups is 1. The van der Waals surface area contributed by atoms with Crippen LogP contribution in [0.1, 0.15) is 5.82 Å². The molecule has 0 bridgehead atoms. The number of nitrogens with zero attached hydrogens (tertiary/aromatic N) is 3. The zero-order chi connectivity index (χ0) is 19.0. The largest absolute Gasteiger partial charge is 0.495 e. The number of hydrogen-bond acceptors (Lipinski definition) is 6. The van der Waals surface area contributed by atoms with Crippen molar-refractivity contribution in [3.8, 4) is 5.75 Å². The van der Waals surface area contributed by atoms with Crippen molar-refractivity contribution in [1.82, 2.24) is 14.8 Å². The Hall–Kier alpha value is -3.00. The molecule has 138 valence electrons. The fourth-order valence-electron chi connectivity index (χ4n) is 2.85. The fraction of sp³-hybridized carbons (Fsp3) is 0.211. The Kier molecular flexibility index (Phi) is 4.49. The molecule has 0 spiro atoms. The van der Waals surface area contributed by atoms with Crippen LogP contribution in [-0.2, 0) is 11.8 Å². The lowest BCUT2D eigenvalue weighted by molar-refractivity contribution is -0.113. The molecule has 0 fully saturated rings. The van der Waals surface area contributed by atoms with Crippen LogP contribution in [0.15, 0.2) is 46.0 Å². The van der Waals surface area contributed by atoms with Gasteiger partial charge in [0.15, 0.2) is 5.16 Å². The Morgan fingerprint density at radius 3 is 2.78 bits per heavy atom. The van der Waals surface area contributed by atoms with Crippen molar-refractivity contribution in [2.45, 2.75) is 12.1 Å². The zero-order valence-electron chi connectivity index (χ0n) is 15.1. The number of methoxy groups -OCH3 is 1. The van der Waals surface area contributed by atoms with E-state index in [1.54, 1.807) is 13.2 Å². The van der Waals surface area contributed by atoms with Crippen molar-refractivity contribution in [3.63, 3.8) is 0 Å². The minimum absolute atomic E-state index is 0.158. The fourth-order valence-corrected chi connectivity index (χ4v) is 3.60. The van der Waals surface area contributed by atoms with E-state index in [-0.39, 0.29) is 11.7 Å². The van der Waals surface area contributed by atoms with Crippen LogP contribution in [0.25, 0.3) is 21.9 Å². The lowest BCUT2D eigenvalue weighted by Crippen LogP contribution is -2.15. The smallest absolute Gasteiger partial charge is 0.234 e. The lowest BCUT2D eigenvalue weighted by atomic mass is 10.1. The van der Waals surface area contributed by atoms with Crippen LogP contribution in [0.4, 0.5) is 5.69 Å². The van der Waals surface area contributed by atoms with Gasteiger partial charge in [-0.25, -0.2) is 0 Å². The number of anilines is 1. The number of fused-ring (bicyclic) bond motifs is 3. The second-order valence-electron chi connectivity index (χ2n) is 6.07. The maximum absolute atomic E-state index is 12.4. The molecular weight excluding hydrogens is 364 g/mol. The maximum atomic E-state index is 12.4. The summed E-state index contributed by atoms with van der Waals surface area (Å²) in [6, 6.07) is 11.5. The molecule has 1 amide bonds. The number of amides is 1. The predicted molar refractivity (Wildman–Crippen MR) is 105 cm³/mol. The lowest BCUT2D eigenvalue weighted by Gasteiger charge is -2.10. The van der Waals surface area contributed by atoms with Crippen LogP contribution < -0.4 is 10.1 Å². The first-order chi connectivity index (χ1) is 13.1. The first kappa shape index (κ1) is 17.4. The standard InChI is InChI=1S/C19H18N4O3S/c1-11-21-22-19(23(11)2)27-10-18(24)20-14-9-16-13(8-17(14)25-3)12-6-4-5-7-15(12)26-16/h4-9H,10H2,1-3H3,(H,20,24). The molecule has 4 rings (SSSR count). The van der Waals surface area contributed by atoms with Gasteiger partial charge < -0.3 is 19.0 Å². The van der Waals surface area contributed by atoms with Crippen molar-refractivity contribution in [2.75, 3.05) is 18.2 Å². The van der Waals surface area contributed by atoms with E-state index >= 15 is 0 Å². The van der Waals surface area contributed by atoms with E-state index in [9.17, 15) is 4.79 Å². The Morgan fingerprint density at radius 1 is 1.22 bits per heavy atom. The summed E-state index contributed by atoms with van der Waals surface area (Å²) in [5, 5.41) is 13.6. The summed E-state index contributed by atoms with van der Waals surface area (Å²) in [6.07, 6.45) is 0. The van der Waals surface area contributed by atoms with Crippen LogP contribution >= 0.6 is 11.8 Å². The first-order valence-corrected chi connectivity index (χ1v) is 9.33. The number of carbonyl (C=O) groups excluding carboxylic acids is 1. The molecule has 0 unspecified atom stereocenters. The quantitative estimate of drug-likeness (QED) is 0.529. The van der Waals surface area contributed by atoms with Gasteiger partial charge in [0, 0.05) is 23.9 Å². The van der Waals surface area contributed by atoms with Crippen molar-refractivity contribution in [2.24, 2.45) is 7.05 Å². The number of hydrogen-bond donors (Lipinski definition) is 1. The van der Waals surface area contributed by atoms with Gasteiger partial charge in [-0.2, -0.15) is 0 Å². The summed E-state index contributed by atoms with van der Waals surface area (Å²) < 4.78 is 13.2. The number of aryl methyl sites for hydroxylation is 1. The molecule has 4 aromatic rings. The number of ether oxygens (including phenoxy) is 1. The van der Waals surface area contributed by atoms with Gasteiger partial charge in [-0.1, -0.05) is 30.0 Å². The average Bonchev–Trinajstić information content (AvgIpc) is 3.19. The molecule has 0 aliphatic rings. The summed E-state index contributed by atoms with van der Waals surface area (Å²) in [6.45, 7) is 1.87. The molecule has 0 aliphatic heterocycles. The van der Waals surface area contributed by atoms with Crippen molar-refractivity contribution in [3.05, 3.63) is 42.2 Å². The van der Waals surface area contributed by atoms with Gasteiger partial charge in [0.25, 0.3) is 0 Å². The van der Waals surface area contributed by atoms with E-state index in [1.165, 1.54) is 11.8 Å². The van der Waals surface area contributed by atoms with E-state index in [2.05, 4.69) is 15.5 Å². The number of nitrogens with one attached hydrogen (secondary N) is 1. The van der Waals surface area contributed by atoms with E-state index in [0.29, 0.717) is 22.2 Å². The van der Waals surface area contributed by atoms with Gasteiger partial charge in [-0.3, -0.25) is 4.79 Å². The minimum atomic E-state index is -0.158. The van der Waals surface area contributed by atoms with Gasteiger partial charge in [0.1, 0.15) is 22.7 Å². The summed E-state index contributed by atoms with van der Waals surface area (Å²) in [5.41, 5.74) is 2.07. The molecule has 0 radical (unpaired) electrons. The third kappa shape index (κ3) is 3.23. The molecule has 7 nitrogen and oxygen atoms in total. The number of aromatic nitrogens is 3. The molecule has 1 N–H and O–H groups in total. The number of thioether (sulfide) groups is 1.